The molecular weight excluding hydrogens is 287 g/mol. The van der Waals surface area contributed by atoms with Crippen molar-refractivity contribution in [1.29, 1.82) is 0 Å². The maximum Gasteiger partial charge on any atom is 0.119 e. The van der Waals surface area contributed by atoms with Crippen molar-refractivity contribution in [3.05, 3.63) is 27.8 Å². The summed E-state index contributed by atoms with van der Waals surface area (Å²) in [4.78, 5) is 0. The highest BCUT2D eigenvalue weighted by Gasteiger charge is 2.32. The molecule has 0 spiro atoms. The molecule has 0 unspecified atom stereocenters. The van der Waals surface area contributed by atoms with Crippen molar-refractivity contribution in [3.63, 3.8) is 0 Å². The van der Waals surface area contributed by atoms with E-state index in [9.17, 15) is 0 Å². The van der Waals surface area contributed by atoms with Gasteiger partial charge in [0.05, 0.1) is 6.61 Å². The van der Waals surface area contributed by atoms with Gasteiger partial charge in [0.25, 0.3) is 0 Å². The number of hydrogen-bond acceptors (Lipinski definition) is 1. The lowest BCUT2D eigenvalue weighted by atomic mass is 9.71. The van der Waals surface area contributed by atoms with Gasteiger partial charge in [-0.05, 0) is 59.7 Å². The normalized spacial score (nSPS) is 18.7. The first-order chi connectivity index (χ1) is 6.68. The van der Waals surface area contributed by atoms with E-state index in [1.165, 1.54) is 22.8 Å². The van der Waals surface area contributed by atoms with Crippen LogP contribution in [0.5, 0.6) is 5.75 Å². The predicted molar refractivity (Wildman–Crippen MR) is 66.6 cm³/mol. The topological polar surface area (TPSA) is 9.23 Å². The molecule has 14 heavy (non-hydrogen) atoms. The van der Waals surface area contributed by atoms with Gasteiger partial charge in [-0.25, -0.2) is 0 Å². The minimum absolute atomic E-state index is 0.447. The number of benzene rings is 1. The van der Waals surface area contributed by atoms with Gasteiger partial charge >= 0.3 is 0 Å². The maximum atomic E-state index is 5.76. The molecule has 0 bridgehead atoms. The van der Waals surface area contributed by atoms with Crippen LogP contribution < -0.4 is 4.74 Å². The fraction of sp³-hybridized carbons (Fsp3) is 0.500. The molecule has 1 nitrogen and oxygen atoms in total. The van der Waals surface area contributed by atoms with Crippen molar-refractivity contribution in [3.8, 4) is 5.75 Å². The van der Waals surface area contributed by atoms with Gasteiger partial charge < -0.3 is 4.74 Å². The molecule has 1 aromatic carbocycles. The minimum Gasteiger partial charge on any atom is -0.493 e. The number of hydrogen-bond donors (Lipinski definition) is 0. The molecule has 2 rings (SSSR count). The fourth-order valence-electron chi connectivity index (χ4n) is 1.71. The molecule has 1 aliphatic carbocycles. The molecule has 0 saturated heterocycles. The Morgan fingerprint density at radius 3 is 2.43 bits per heavy atom. The van der Waals surface area contributed by atoms with Crippen LogP contribution >= 0.6 is 22.6 Å². The largest absolute Gasteiger partial charge is 0.493 e. The van der Waals surface area contributed by atoms with Crippen molar-refractivity contribution in [2.45, 2.75) is 26.2 Å². The molecule has 0 aliphatic heterocycles. The zero-order valence-corrected chi connectivity index (χ0v) is 10.6. The molecule has 1 aliphatic rings. The summed E-state index contributed by atoms with van der Waals surface area (Å²) in [6.45, 7) is 3.18. The highest BCUT2D eigenvalue weighted by atomic mass is 127. The highest BCUT2D eigenvalue weighted by molar-refractivity contribution is 14.1. The molecule has 0 radical (unpaired) electrons. The van der Waals surface area contributed by atoms with Crippen molar-refractivity contribution in [1.82, 2.24) is 0 Å². The third kappa shape index (κ3) is 2.41. The number of rotatable bonds is 3. The van der Waals surface area contributed by atoms with Gasteiger partial charge in [-0.2, -0.15) is 0 Å². The Balaban J connectivity index is 1.88. The van der Waals surface area contributed by atoms with Gasteiger partial charge in [-0.1, -0.05) is 13.3 Å². The molecule has 76 valence electrons. The van der Waals surface area contributed by atoms with Crippen molar-refractivity contribution >= 4 is 22.6 Å². The van der Waals surface area contributed by atoms with Crippen LogP contribution in [0.1, 0.15) is 26.2 Å². The standard InChI is InChI=1S/C12H15IO/c1-12(7-2-8-12)9-14-11-5-3-10(13)4-6-11/h3-6H,2,7-9H2,1H3. The van der Waals surface area contributed by atoms with E-state index in [0.717, 1.165) is 12.4 Å². The Kier molecular flexibility index (Phi) is 3.00. The lowest BCUT2D eigenvalue weighted by Gasteiger charge is -2.37. The second kappa shape index (κ2) is 4.09. The summed E-state index contributed by atoms with van der Waals surface area (Å²) in [6, 6.07) is 8.26. The fourth-order valence-corrected chi connectivity index (χ4v) is 2.07. The van der Waals surface area contributed by atoms with E-state index < -0.39 is 0 Å². The summed E-state index contributed by atoms with van der Waals surface area (Å²) >= 11 is 2.30. The molecule has 0 aromatic heterocycles. The molecule has 1 aromatic rings. The molecule has 0 heterocycles. The van der Waals surface area contributed by atoms with Gasteiger partial charge in [-0.15, -0.1) is 0 Å². The summed E-state index contributed by atoms with van der Waals surface area (Å²) in [6.07, 6.45) is 4.00. The molecule has 0 amide bonds. The quantitative estimate of drug-likeness (QED) is 0.770. The van der Waals surface area contributed by atoms with E-state index in [1.807, 2.05) is 12.1 Å². The predicted octanol–water partition coefficient (Wildman–Crippen LogP) is 3.86. The number of ether oxygens (including phenoxy) is 1. The average molecular weight is 302 g/mol. The summed E-state index contributed by atoms with van der Waals surface area (Å²) in [5, 5.41) is 0. The van der Waals surface area contributed by atoms with Crippen molar-refractivity contribution < 1.29 is 4.74 Å². The number of halogens is 1. The van der Waals surface area contributed by atoms with E-state index in [4.69, 9.17) is 4.74 Å². The summed E-state index contributed by atoms with van der Waals surface area (Å²) < 4.78 is 7.02. The molecule has 1 fully saturated rings. The van der Waals surface area contributed by atoms with Crippen LogP contribution in [-0.4, -0.2) is 6.61 Å². The Morgan fingerprint density at radius 1 is 1.29 bits per heavy atom. The summed E-state index contributed by atoms with van der Waals surface area (Å²) in [5.41, 5.74) is 0.447. The first-order valence-corrected chi connectivity index (χ1v) is 6.14. The smallest absolute Gasteiger partial charge is 0.119 e. The van der Waals surface area contributed by atoms with E-state index >= 15 is 0 Å². The first kappa shape index (κ1) is 10.3. The SMILES string of the molecule is CC1(COc2ccc(I)cc2)CCC1. The Morgan fingerprint density at radius 2 is 1.93 bits per heavy atom. The minimum atomic E-state index is 0.447. The molecular formula is C12H15IO. The molecule has 0 atom stereocenters. The zero-order valence-electron chi connectivity index (χ0n) is 8.42. The summed E-state index contributed by atoms with van der Waals surface area (Å²) in [5.74, 6) is 0.999. The maximum absolute atomic E-state index is 5.76. The Bertz CT molecular complexity index is 301. The van der Waals surface area contributed by atoms with Crippen LogP contribution in [0.2, 0.25) is 0 Å². The zero-order chi connectivity index (χ0) is 10.0. The molecule has 1 saturated carbocycles. The van der Waals surface area contributed by atoms with Gasteiger partial charge in [0, 0.05) is 8.99 Å². The lowest BCUT2D eigenvalue weighted by Crippen LogP contribution is -2.32. The van der Waals surface area contributed by atoms with Gasteiger partial charge in [0.2, 0.25) is 0 Å². The molecule has 0 N–H and O–H groups in total. The second-order valence-corrected chi connectivity index (χ2v) is 5.65. The van der Waals surface area contributed by atoms with Crippen molar-refractivity contribution in [2.24, 2.45) is 5.41 Å². The van der Waals surface area contributed by atoms with E-state index in [0.29, 0.717) is 5.41 Å². The summed E-state index contributed by atoms with van der Waals surface area (Å²) in [7, 11) is 0. The highest BCUT2D eigenvalue weighted by Crippen LogP contribution is 2.40. The van der Waals surface area contributed by atoms with Crippen LogP contribution in [0.15, 0.2) is 24.3 Å². The third-order valence-electron chi connectivity index (χ3n) is 2.96. The Hall–Kier alpha value is -0.250. The van der Waals surface area contributed by atoms with Crippen LogP contribution in [0.3, 0.4) is 0 Å². The van der Waals surface area contributed by atoms with Gasteiger partial charge in [0.15, 0.2) is 0 Å². The van der Waals surface area contributed by atoms with Gasteiger partial charge in [0.1, 0.15) is 5.75 Å². The van der Waals surface area contributed by atoms with Crippen LogP contribution in [-0.2, 0) is 0 Å². The van der Waals surface area contributed by atoms with Gasteiger partial charge in [-0.3, -0.25) is 0 Å². The van der Waals surface area contributed by atoms with Crippen LogP contribution in [0.4, 0.5) is 0 Å². The van der Waals surface area contributed by atoms with Crippen molar-refractivity contribution in [2.75, 3.05) is 6.61 Å². The van der Waals surface area contributed by atoms with Crippen LogP contribution in [0, 0.1) is 8.99 Å². The van der Waals surface area contributed by atoms with E-state index in [2.05, 4.69) is 41.6 Å². The van der Waals surface area contributed by atoms with E-state index in [1.54, 1.807) is 0 Å². The monoisotopic (exact) mass is 302 g/mol. The first-order valence-electron chi connectivity index (χ1n) is 5.06. The Labute approximate surface area is 99.0 Å². The van der Waals surface area contributed by atoms with E-state index in [-0.39, 0.29) is 0 Å². The van der Waals surface area contributed by atoms with Crippen LogP contribution in [0.25, 0.3) is 0 Å². The second-order valence-electron chi connectivity index (χ2n) is 4.41. The third-order valence-corrected chi connectivity index (χ3v) is 3.68. The lowest BCUT2D eigenvalue weighted by molar-refractivity contribution is 0.0776. The average Bonchev–Trinajstić information content (AvgIpc) is 2.14. The molecule has 2 heteroatoms.